The molecule has 0 aromatic heterocycles. The molecule has 0 aliphatic carbocycles. The molecule has 1 saturated heterocycles. The second-order valence-electron chi connectivity index (χ2n) is 5.78. The molecule has 1 aliphatic rings. The maximum Gasteiger partial charge on any atom is 0.236 e. The van der Waals surface area contributed by atoms with E-state index >= 15 is 0 Å². The zero-order valence-electron chi connectivity index (χ0n) is 12.9. The van der Waals surface area contributed by atoms with Crippen LogP contribution in [0.1, 0.15) is 27.2 Å². The van der Waals surface area contributed by atoms with Crippen LogP contribution in [0.25, 0.3) is 0 Å². The van der Waals surface area contributed by atoms with Crippen molar-refractivity contribution < 1.29 is 9.53 Å². The number of carbonyl (C=O) groups excluding carboxylic acids is 1. The molecule has 0 spiro atoms. The van der Waals surface area contributed by atoms with Gasteiger partial charge >= 0.3 is 0 Å². The largest absolute Gasteiger partial charge is 0.383 e. The quantitative estimate of drug-likeness (QED) is 0.689. The van der Waals surface area contributed by atoms with Crippen LogP contribution in [-0.2, 0) is 9.53 Å². The number of nitrogens with zero attached hydrogens (tertiary/aromatic N) is 1. The molecule has 1 rings (SSSR count). The highest BCUT2D eigenvalue weighted by molar-refractivity contribution is 5.81. The third-order valence-corrected chi connectivity index (χ3v) is 4.07. The third kappa shape index (κ3) is 5.09. The molecule has 0 saturated carbocycles. The van der Waals surface area contributed by atoms with Crippen LogP contribution in [0.2, 0.25) is 0 Å². The summed E-state index contributed by atoms with van der Waals surface area (Å²) in [5.74, 6) is 0.617. The molecule has 2 N–H and O–H groups in total. The smallest absolute Gasteiger partial charge is 0.236 e. The standard InChI is InChI=1S/C14H29N3O2/c1-10-9-17(4)11(2)8-13(10)16-12(3)14(18)15-6-7-19-5/h10-13,16H,6-9H2,1-5H3,(H,15,18). The van der Waals surface area contributed by atoms with E-state index in [4.69, 9.17) is 4.74 Å². The van der Waals surface area contributed by atoms with Crippen LogP contribution < -0.4 is 10.6 Å². The van der Waals surface area contributed by atoms with E-state index in [9.17, 15) is 4.79 Å². The monoisotopic (exact) mass is 271 g/mol. The summed E-state index contributed by atoms with van der Waals surface area (Å²) in [6, 6.07) is 0.826. The average molecular weight is 271 g/mol. The van der Waals surface area contributed by atoms with Crippen LogP contribution in [-0.4, -0.2) is 62.8 Å². The van der Waals surface area contributed by atoms with Gasteiger partial charge in [-0.2, -0.15) is 0 Å². The number of rotatable bonds is 6. The zero-order chi connectivity index (χ0) is 14.4. The van der Waals surface area contributed by atoms with Crippen molar-refractivity contribution in [1.29, 1.82) is 0 Å². The molecular formula is C14H29N3O2. The van der Waals surface area contributed by atoms with Crippen LogP contribution in [0.3, 0.4) is 0 Å². The second-order valence-corrected chi connectivity index (χ2v) is 5.78. The van der Waals surface area contributed by atoms with Crippen molar-refractivity contribution in [3.8, 4) is 0 Å². The van der Waals surface area contributed by atoms with Gasteiger partial charge in [-0.05, 0) is 33.2 Å². The van der Waals surface area contributed by atoms with E-state index in [0.717, 1.165) is 13.0 Å². The van der Waals surface area contributed by atoms with Crippen molar-refractivity contribution in [3.05, 3.63) is 0 Å². The number of nitrogens with one attached hydrogen (secondary N) is 2. The van der Waals surface area contributed by atoms with Gasteiger partial charge in [0.1, 0.15) is 0 Å². The molecule has 19 heavy (non-hydrogen) atoms. The van der Waals surface area contributed by atoms with Gasteiger partial charge in [-0.1, -0.05) is 6.92 Å². The lowest BCUT2D eigenvalue weighted by Gasteiger charge is -2.41. The van der Waals surface area contributed by atoms with Gasteiger partial charge in [0.2, 0.25) is 5.91 Å². The lowest BCUT2D eigenvalue weighted by molar-refractivity contribution is -0.123. The van der Waals surface area contributed by atoms with Gasteiger partial charge in [0.15, 0.2) is 0 Å². The average Bonchev–Trinajstić information content (AvgIpc) is 2.36. The summed E-state index contributed by atoms with van der Waals surface area (Å²) in [5, 5.41) is 6.34. The maximum atomic E-state index is 11.9. The number of piperidine rings is 1. The molecule has 1 aliphatic heterocycles. The van der Waals surface area contributed by atoms with E-state index in [1.807, 2.05) is 6.92 Å². The minimum absolute atomic E-state index is 0.0517. The van der Waals surface area contributed by atoms with Gasteiger partial charge in [-0.3, -0.25) is 4.79 Å². The molecular weight excluding hydrogens is 242 g/mol. The molecule has 112 valence electrons. The normalized spacial score (nSPS) is 30.1. The summed E-state index contributed by atoms with van der Waals surface area (Å²) in [6.07, 6.45) is 1.09. The Balaban J connectivity index is 2.38. The first kappa shape index (κ1) is 16.4. The van der Waals surface area contributed by atoms with Crippen molar-refractivity contribution in [2.45, 2.75) is 45.3 Å². The lowest BCUT2D eigenvalue weighted by Crippen LogP contribution is -2.55. The maximum absolute atomic E-state index is 11.9. The van der Waals surface area contributed by atoms with Gasteiger partial charge in [0, 0.05) is 32.3 Å². The fourth-order valence-corrected chi connectivity index (χ4v) is 2.60. The minimum atomic E-state index is -0.153. The Labute approximate surface area is 117 Å². The molecule has 0 bridgehead atoms. The van der Waals surface area contributed by atoms with E-state index in [1.54, 1.807) is 7.11 Å². The molecule has 5 nitrogen and oxygen atoms in total. The number of hydrogen-bond acceptors (Lipinski definition) is 4. The number of amides is 1. The van der Waals surface area contributed by atoms with E-state index in [0.29, 0.717) is 31.2 Å². The predicted octanol–water partition coefficient (Wildman–Crippen LogP) is 0.456. The van der Waals surface area contributed by atoms with Crippen LogP contribution in [0.4, 0.5) is 0 Å². The number of likely N-dealkylation sites (tertiary alicyclic amines) is 1. The Morgan fingerprint density at radius 3 is 2.79 bits per heavy atom. The molecule has 1 heterocycles. The number of carbonyl (C=O) groups is 1. The van der Waals surface area contributed by atoms with E-state index in [1.165, 1.54) is 0 Å². The molecule has 0 radical (unpaired) electrons. The Morgan fingerprint density at radius 1 is 1.47 bits per heavy atom. The Bertz CT molecular complexity index is 286. The summed E-state index contributed by atoms with van der Waals surface area (Å²) in [7, 11) is 3.80. The Hall–Kier alpha value is -0.650. The van der Waals surface area contributed by atoms with E-state index in [2.05, 4.69) is 36.4 Å². The van der Waals surface area contributed by atoms with Gasteiger partial charge < -0.3 is 20.3 Å². The zero-order valence-corrected chi connectivity index (χ0v) is 12.9. The first-order valence-corrected chi connectivity index (χ1v) is 7.18. The first-order chi connectivity index (χ1) is 8.95. The molecule has 4 unspecified atom stereocenters. The molecule has 1 amide bonds. The number of ether oxygens (including phenoxy) is 1. The van der Waals surface area contributed by atoms with Crippen LogP contribution in [0, 0.1) is 5.92 Å². The van der Waals surface area contributed by atoms with Gasteiger partial charge in [-0.25, -0.2) is 0 Å². The van der Waals surface area contributed by atoms with Crippen LogP contribution in [0.15, 0.2) is 0 Å². The number of hydrogen-bond donors (Lipinski definition) is 2. The summed E-state index contributed by atoms with van der Waals surface area (Å²) in [6.45, 7) is 8.62. The lowest BCUT2D eigenvalue weighted by atomic mass is 9.89. The highest BCUT2D eigenvalue weighted by Gasteiger charge is 2.30. The van der Waals surface area contributed by atoms with Gasteiger partial charge in [0.05, 0.1) is 12.6 Å². The number of methoxy groups -OCH3 is 1. The molecule has 0 aromatic carbocycles. The predicted molar refractivity (Wildman–Crippen MR) is 77.1 cm³/mol. The third-order valence-electron chi connectivity index (χ3n) is 4.07. The van der Waals surface area contributed by atoms with Crippen molar-refractivity contribution in [1.82, 2.24) is 15.5 Å². The fourth-order valence-electron chi connectivity index (χ4n) is 2.60. The Kier molecular flexibility index (Phi) is 6.75. The Morgan fingerprint density at radius 2 is 2.16 bits per heavy atom. The van der Waals surface area contributed by atoms with Crippen molar-refractivity contribution in [2.24, 2.45) is 5.92 Å². The summed E-state index contributed by atoms with van der Waals surface area (Å²) in [4.78, 5) is 14.3. The van der Waals surface area contributed by atoms with Crippen LogP contribution >= 0.6 is 0 Å². The fraction of sp³-hybridized carbons (Fsp3) is 0.929. The van der Waals surface area contributed by atoms with Gasteiger partial charge in [-0.15, -0.1) is 0 Å². The summed E-state index contributed by atoms with van der Waals surface area (Å²) >= 11 is 0. The second kappa shape index (κ2) is 7.82. The van der Waals surface area contributed by atoms with Crippen molar-refractivity contribution in [2.75, 3.05) is 33.9 Å². The summed E-state index contributed by atoms with van der Waals surface area (Å²) < 4.78 is 4.92. The van der Waals surface area contributed by atoms with Crippen molar-refractivity contribution in [3.63, 3.8) is 0 Å². The minimum Gasteiger partial charge on any atom is -0.383 e. The van der Waals surface area contributed by atoms with Crippen molar-refractivity contribution >= 4 is 5.91 Å². The molecule has 4 atom stereocenters. The van der Waals surface area contributed by atoms with E-state index < -0.39 is 0 Å². The SMILES string of the molecule is COCCNC(=O)C(C)NC1CC(C)N(C)CC1C. The van der Waals surface area contributed by atoms with Crippen LogP contribution in [0.5, 0.6) is 0 Å². The first-order valence-electron chi connectivity index (χ1n) is 7.18. The topological polar surface area (TPSA) is 53.6 Å². The summed E-state index contributed by atoms with van der Waals surface area (Å²) in [5.41, 5.74) is 0. The highest BCUT2D eigenvalue weighted by atomic mass is 16.5. The molecule has 5 heteroatoms. The van der Waals surface area contributed by atoms with E-state index in [-0.39, 0.29) is 11.9 Å². The van der Waals surface area contributed by atoms with Gasteiger partial charge in [0.25, 0.3) is 0 Å². The molecule has 1 fully saturated rings. The molecule has 0 aromatic rings. The highest BCUT2D eigenvalue weighted by Crippen LogP contribution is 2.21.